The second-order valence-corrected chi connectivity index (χ2v) is 5.80. The van der Waals surface area contributed by atoms with Crippen molar-refractivity contribution in [2.24, 2.45) is 0 Å². The fourth-order valence-corrected chi connectivity index (χ4v) is 3.33. The maximum absolute atomic E-state index is 13.5. The largest absolute Gasteiger partial charge is 0.380 e. The standard InChI is InChI=1S/C15H18F3NO/c16-10-7-12(17)14(18)13(8-10)19-9-11-3-6-15(20-11)4-1-2-5-15/h7-8,11,19H,1-6,9H2. The van der Waals surface area contributed by atoms with Gasteiger partial charge in [0, 0.05) is 18.7 Å². The lowest BCUT2D eigenvalue weighted by Crippen LogP contribution is -2.28. The Morgan fingerprint density at radius 2 is 1.90 bits per heavy atom. The molecule has 2 aliphatic rings. The van der Waals surface area contributed by atoms with Crippen molar-refractivity contribution in [1.29, 1.82) is 0 Å². The van der Waals surface area contributed by atoms with Gasteiger partial charge in [0.25, 0.3) is 0 Å². The van der Waals surface area contributed by atoms with Gasteiger partial charge < -0.3 is 10.1 Å². The van der Waals surface area contributed by atoms with E-state index in [9.17, 15) is 13.2 Å². The molecule has 110 valence electrons. The van der Waals surface area contributed by atoms with E-state index in [0.29, 0.717) is 12.6 Å². The smallest absolute Gasteiger partial charge is 0.182 e. The molecule has 1 atom stereocenters. The zero-order valence-electron chi connectivity index (χ0n) is 11.2. The van der Waals surface area contributed by atoms with Gasteiger partial charge in [0.15, 0.2) is 11.6 Å². The van der Waals surface area contributed by atoms with Gasteiger partial charge in [0.1, 0.15) is 5.82 Å². The van der Waals surface area contributed by atoms with Crippen molar-refractivity contribution in [1.82, 2.24) is 0 Å². The van der Waals surface area contributed by atoms with Gasteiger partial charge in [-0.2, -0.15) is 0 Å². The first-order valence-corrected chi connectivity index (χ1v) is 7.14. The molecule has 20 heavy (non-hydrogen) atoms. The molecule has 1 heterocycles. The Morgan fingerprint density at radius 3 is 2.65 bits per heavy atom. The van der Waals surface area contributed by atoms with Crippen LogP contribution in [0, 0.1) is 17.5 Å². The number of hydrogen-bond donors (Lipinski definition) is 1. The van der Waals surface area contributed by atoms with E-state index in [-0.39, 0.29) is 17.4 Å². The van der Waals surface area contributed by atoms with Crippen LogP contribution in [0.1, 0.15) is 38.5 Å². The molecule has 1 aromatic carbocycles. The molecule has 1 aliphatic carbocycles. The maximum atomic E-state index is 13.5. The minimum atomic E-state index is -1.17. The Morgan fingerprint density at radius 1 is 1.15 bits per heavy atom. The van der Waals surface area contributed by atoms with E-state index in [4.69, 9.17) is 4.74 Å². The summed E-state index contributed by atoms with van der Waals surface area (Å²) in [5.74, 6) is -3.00. The van der Waals surface area contributed by atoms with Crippen molar-refractivity contribution in [2.75, 3.05) is 11.9 Å². The molecule has 0 amide bonds. The normalized spacial score (nSPS) is 24.4. The predicted octanol–water partition coefficient (Wildman–Crippen LogP) is 4.01. The van der Waals surface area contributed by atoms with Crippen molar-refractivity contribution >= 4 is 5.69 Å². The molecule has 2 fully saturated rings. The summed E-state index contributed by atoms with van der Waals surface area (Å²) < 4.78 is 45.7. The quantitative estimate of drug-likeness (QED) is 0.847. The number of benzene rings is 1. The first-order chi connectivity index (χ1) is 9.58. The second-order valence-electron chi connectivity index (χ2n) is 5.80. The summed E-state index contributed by atoms with van der Waals surface area (Å²) >= 11 is 0. The van der Waals surface area contributed by atoms with Gasteiger partial charge in [-0.1, -0.05) is 12.8 Å². The van der Waals surface area contributed by atoms with Crippen molar-refractivity contribution < 1.29 is 17.9 Å². The predicted molar refractivity (Wildman–Crippen MR) is 70.1 cm³/mol. The highest BCUT2D eigenvalue weighted by atomic mass is 19.2. The van der Waals surface area contributed by atoms with Gasteiger partial charge in [-0.25, -0.2) is 13.2 Å². The number of rotatable bonds is 3. The van der Waals surface area contributed by atoms with Crippen LogP contribution >= 0.6 is 0 Å². The molecular formula is C15H18F3NO. The van der Waals surface area contributed by atoms with E-state index in [0.717, 1.165) is 31.7 Å². The highest BCUT2D eigenvalue weighted by molar-refractivity contribution is 5.45. The molecule has 5 heteroatoms. The summed E-state index contributed by atoms with van der Waals surface area (Å²) in [5.41, 5.74) is -0.128. The molecule has 1 saturated heterocycles. The maximum Gasteiger partial charge on any atom is 0.182 e. The van der Waals surface area contributed by atoms with Crippen LogP contribution in [0.15, 0.2) is 12.1 Å². The number of halogens is 3. The lowest BCUT2D eigenvalue weighted by atomic mass is 9.98. The number of anilines is 1. The van der Waals surface area contributed by atoms with E-state index in [1.807, 2.05) is 0 Å². The monoisotopic (exact) mass is 285 g/mol. The number of hydrogen-bond acceptors (Lipinski definition) is 2. The summed E-state index contributed by atoms with van der Waals surface area (Å²) in [6.07, 6.45) is 6.50. The first-order valence-electron chi connectivity index (χ1n) is 7.14. The van der Waals surface area contributed by atoms with E-state index < -0.39 is 17.5 Å². The Hall–Kier alpha value is -1.23. The van der Waals surface area contributed by atoms with Gasteiger partial charge in [0.05, 0.1) is 17.4 Å². The van der Waals surface area contributed by atoms with Gasteiger partial charge >= 0.3 is 0 Å². The summed E-state index contributed by atoms with van der Waals surface area (Å²) in [4.78, 5) is 0. The van der Waals surface area contributed by atoms with E-state index in [2.05, 4.69) is 5.32 Å². The highest BCUT2D eigenvalue weighted by Gasteiger charge is 2.41. The molecule has 2 nitrogen and oxygen atoms in total. The van der Waals surface area contributed by atoms with Crippen molar-refractivity contribution in [3.8, 4) is 0 Å². The van der Waals surface area contributed by atoms with Crippen LogP contribution in [0.25, 0.3) is 0 Å². The molecule has 1 saturated carbocycles. The summed E-state index contributed by atoms with van der Waals surface area (Å²) in [6, 6.07) is 1.51. The lowest BCUT2D eigenvalue weighted by molar-refractivity contribution is -0.0307. The second kappa shape index (κ2) is 5.28. The molecule has 0 bridgehead atoms. The Labute approximate surface area is 116 Å². The third-order valence-corrected chi connectivity index (χ3v) is 4.37. The Bertz CT molecular complexity index is 500. The van der Waals surface area contributed by atoms with Gasteiger partial charge in [-0.15, -0.1) is 0 Å². The van der Waals surface area contributed by atoms with Crippen LogP contribution in [-0.4, -0.2) is 18.2 Å². The average molecular weight is 285 g/mol. The van der Waals surface area contributed by atoms with Crippen LogP contribution in [0.3, 0.4) is 0 Å². The van der Waals surface area contributed by atoms with Crippen LogP contribution < -0.4 is 5.32 Å². The zero-order chi connectivity index (χ0) is 14.2. The van der Waals surface area contributed by atoms with Crippen LogP contribution in [0.4, 0.5) is 18.9 Å². The molecular weight excluding hydrogens is 267 g/mol. The molecule has 3 rings (SSSR count). The fraction of sp³-hybridized carbons (Fsp3) is 0.600. The van der Waals surface area contributed by atoms with Gasteiger partial charge in [0.2, 0.25) is 0 Å². The average Bonchev–Trinajstić information content (AvgIpc) is 3.03. The molecule has 1 aliphatic heterocycles. The van der Waals surface area contributed by atoms with E-state index in [1.165, 1.54) is 12.8 Å². The zero-order valence-corrected chi connectivity index (χ0v) is 11.2. The molecule has 1 spiro atoms. The van der Waals surface area contributed by atoms with Crippen LogP contribution in [0.5, 0.6) is 0 Å². The summed E-state index contributed by atoms with van der Waals surface area (Å²) in [5, 5.41) is 2.76. The lowest BCUT2D eigenvalue weighted by Gasteiger charge is -2.24. The molecule has 1 aromatic rings. The van der Waals surface area contributed by atoms with E-state index in [1.54, 1.807) is 0 Å². The number of nitrogens with one attached hydrogen (secondary N) is 1. The molecule has 0 radical (unpaired) electrons. The summed E-state index contributed by atoms with van der Waals surface area (Å²) in [6.45, 7) is 0.377. The minimum absolute atomic E-state index is 0.0120. The molecule has 1 N–H and O–H groups in total. The third-order valence-electron chi connectivity index (χ3n) is 4.37. The van der Waals surface area contributed by atoms with E-state index >= 15 is 0 Å². The third kappa shape index (κ3) is 2.64. The highest BCUT2D eigenvalue weighted by Crippen LogP contribution is 2.43. The Kier molecular flexibility index (Phi) is 3.63. The van der Waals surface area contributed by atoms with Gasteiger partial charge in [-0.05, 0) is 25.7 Å². The summed E-state index contributed by atoms with van der Waals surface area (Å²) in [7, 11) is 0. The fourth-order valence-electron chi connectivity index (χ4n) is 3.33. The van der Waals surface area contributed by atoms with Crippen molar-refractivity contribution in [3.05, 3.63) is 29.6 Å². The topological polar surface area (TPSA) is 21.3 Å². The SMILES string of the molecule is Fc1cc(F)c(F)c(NCC2CCC3(CCCC3)O2)c1. The van der Waals surface area contributed by atoms with Crippen LogP contribution in [0.2, 0.25) is 0 Å². The Balaban J connectivity index is 1.60. The van der Waals surface area contributed by atoms with Gasteiger partial charge in [-0.3, -0.25) is 0 Å². The van der Waals surface area contributed by atoms with Crippen molar-refractivity contribution in [2.45, 2.75) is 50.2 Å². The first kappa shape index (κ1) is 13.7. The molecule has 1 unspecified atom stereocenters. The number of ether oxygens (including phenoxy) is 1. The van der Waals surface area contributed by atoms with Crippen molar-refractivity contribution in [3.63, 3.8) is 0 Å². The molecule has 0 aromatic heterocycles. The van der Waals surface area contributed by atoms with Crippen LogP contribution in [-0.2, 0) is 4.74 Å². The minimum Gasteiger partial charge on any atom is -0.380 e.